The smallest absolute Gasteiger partial charge is 0.0540 e. The van der Waals surface area contributed by atoms with Crippen molar-refractivity contribution in [2.75, 3.05) is 7.05 Å². The van der Waals surface area contributed by atoms with Gasteiger partial charge in [0.2, 0.25) is 0 Å². The molecule has 1 atom stereocenters. The molecule has 1 aliphatic carbocycles. The summed E-state index contributed by atoms with van der Waals surface area (Å²) in [5.74, 6) is 0.593. The molecule has 0 aromatic rings. The van der Waals surface area contributed by atoms with Crippen LogP contribution in [0.5, 0.6) is 0 Å². The molecule has 1 fully saturated rings. The summed E-state index contributed by atoms with van der Waals surface area (Å²) < 4.78 is 0. The number of aliphatic hydroxyl groups excluding tert-OH is 1. The molecule has 1 aliphatic rings. The zero-order valence-electron chi connectivity index (χ0n) is 9.13. The van der Waals surface area contributed by atoms with E-state index in [2.05, 4.69) is 5.73 Å². The lowest BCUT2D eigenvalue weighted by atomic mass is 9.88. The molecule has 0 amide bonds. The molecule has 0 bridgehead atoms. The fraction of sp³-hybridized carbons (Fsp3) is 1.00. The number of hydrogen-bond acceptors (Lipinski definition) is 2. The molecule has 3 N–H and O–H groups in total. The molecule has 13 heavy (non-hydrogen) atoms. The van der Waals surface area contributed by atoms with Gasteiger partial charge in [-0.3, -0.25) is 0 Å². The summed E-state index contributed by atoms with van der Waals surface area (Å²) in [5, 5.41) is 9.39. The Morgan fingerprint density at radius 3 is 1.77 bits per heavy atom. The second-order valence-corrected chi connectivity index (χ2v) is 3.85. The number of hydrogen-bond donors (Lipinski definition) is 2. The maximum atomic E-state index is 9.39. The third-order valence-corrected chi connectivity index (χ3v) is 2.83. The molecule has 1 saturated carbocycles. The highest BCUT2D eigenvalue weighted by molar-refractivity contribution is 4.67. The first-order valence-electron chi connectivity index (χ1n) is 5.56. The lowest BCUT2D eigenvalue weighted by Crippen LogP contribution is -2.17. The van der Waals surface area contributed by atoms with Crippen LogP contribution in [0.4, 0.5) is 0 Å². The van der Waals surface area contributed by atoms with Crippen molar-refractivity contribution in [3.8, 4) is 0 Å². The second-order valence-electron chi connectivity index (χ2n) is 3.85. The summed E-state index contributed by atoms with van der Waals surface area (Å²) in [5.41, 5.74) is 4.50. The van der Waals surface area contributed by atoms with Gasteiger partial charge in [-0.05, 0) is 32.7 Å². The Bertz CT molecular complexity index is 96.3. The fourth-order valence-corrected chi connectivity index (χ4v) is 1.97. The van der Waals surface area contributed by atoms with Gasteiger partial charge >= 0.3 is 0 Å². The van der Waals surface area contributed by atoms with E-state index in [1.165, 1.54) is 52.0 Å². The second kappa shape index (κ2) is 8.52. The minimum Gasteiger partial charge on any atom is -0.393 e. The standard InChI is InChI=1S/C10H20O.CH5N/c1-9(11)10-7-5-3-2-4-6-8-10;1-2/h9-11H,2-8H2,1H3;2H2,1H3. The Kier molecular flexibility index (Phi) is 8.46. The van der Waals surface area contributed by atoms with Gasteiger partial charge in [0.05, 0.1) is 6.10 Å². The molecule has 0 spiro atoms. The first-order valence-corrected chi connectivity index (χ1v) is 5.56. The molecule has 0 aromatic carbocycles. The highest BCUT2D eigenvalue weighted by Crippen LogP contribution is 2.24. The minimum atomic E-state index is -0.0758. The van der Waals surface area contributed by atoms with Crippen LogP contribution >= 0.6 is 0 Å². The van der Waals surface area contributed by atoms with Gasteiger partial charge in [0.15, 0.2) is 0 Å². The van der Waals surface area contributed by atoms with Crippen LogP contribution in [0.25, 0.3) is 0 Å². The van der Waals surface area contributed by atoms with Gasteiger partial charge in [-0.2, -0.15) is 0 Å². The first kappa shape index (κ1) is 12.9. The van der Waals surface area contributed by atoms with Crippen molar-refractivity contribution in [1.82, 2.24) is 0 Å². The molecule has 2 heteroatoms. The molecule has 0 radical (unpaired) electrons. The molecule has 0 aromatic heterocycles. The Labute approximate surface area is 82.5 Å². The monoisotopic (exact) mass is 187 g/mol. The van der Waals surface area contributed by atoms with Crippen molar-refractivity contribution in [2.24, 2.45) is 11.7 Å². The Balaban J connectivity index is 0.000000671. The molecule has 1 rings (SSSR count). The first-order chi connectivity index (χ1) is 6.30. The van der Waals surface area contributed by atoms with E-state index in [9.17, 15) is 5.11 Å². The van der Waals surface area contributed by atoms with E-state index in [0.717, 1.165) is 0 Å². The largest absolute Gasteiger partial charge is 0.393 e. The van der Waals surface area contributed by atoms with E-state index in [1.807, 2.05) is 6.92 Å². The summed E-state index contributed by atoms with van der Waals surface area (Å²) in [7, 11) is 1.50. The SMILES string of the molecule is CC(O)C1CCCCCCC1.CN. The summed E-state index contributed by atoms with van der Waals surface area (Å²) in [4.78, 5) is 0. The maximum Gasteiger partial charge on any atom is 0.0540 e. The highest BCUT2D eigenvalue weighted by Gasteiger charge is 2.15. The van der Waals surface area contributed by atoms with Crippen LogP contribution in [0, 0.1) is 5.92 Å². The summed E-state index contributed by atoms with van der Waals surface area (Å²) >= 11 is 0. The predicted molar refractivity (Wildman–Crippen MR) is 57.6 cm³/mol. The van der Waals surface area contributed by atoms with Crippen molar-refractivity contribution < 1.29 is 5.11 Å². The van der Waals surface area contributed by atoms with Gasteiger partial charge in [0.1, 0.15) is 0 Å². The molecule has 0 aliphatic heterocycles. The summed E-state index contributed by atoms with van der Waals surface area (Å²) in [6.45, 7) is 1.94. The van der Waals surface area contributed by atoms with E-state index in [4.69, 9.17) is 0 Å². The quantitative estimate of drug-likeness (QED) is 0.661. The molecule has 0 saturated heterocycles. The van der Waals surface area contributed by atoms with Gasteiger partial charge in [-0.1, -0.05) is 32.1 Å². The van der Waals surface area contributed by atoms with Crippen molar-refractivity contribution in [2.45, 2.75) is 58.0 Å². The van der Waals surface area contributed by atoms with Crippen LogP contribution in [0.3, 0.4) is 0 Å². The molecular weight excluding hydrogens is 162 g/mol. The van der Waals surface area contributed by atoms with Crippen molar-refractivity contribution in [3.63, 3.8) is 0 Å². The van der Waals surface area contributed by atoms with Crippen LogP contribution in [-0.4, -0.2) is 18.3 Å². The molecular formula is C11H25NO. The van der Waals surface area contributed by atoms with Crippen LogP contribution in [0.2, 0.25) is 0 Å². The van der Waals surface area contributed by atoms with E-state index in [-0.39, 0.29) is 6.10 Å². The number of rotatable bonds is 1. The fourth-order valence-electron chi connectivity index (χ4n) is 1.97. The van der Waals surface area contributed by atoms with E-state index in [0.29, 0.717) is 5.92 Å². The lowest BCUT2D eigenvalue weighted by Gasteiger charge is -2.21. The molecule has 2 nitrogen and oxygen atoms in total. The van der Waals surface area contributed by atoms with Gasteiger partial charge < -0.3 is 10.8 Å². The van der Waals surface area contributed by atoms with E-state index < -0.39 is 0 Å². The van der Waals surface area contributed by atoms with Gasteiger partial charge in [0, 0.05) is 0 Å². The highest BCUT2D eigenvalue weighted by atomic mass is 16.3. The Hall–Kier alpha value is -0.0800. The summed E-state index contributed by atoms with van der Waals surface area (Å²) in [6.07, 6.45) is 9.24. The normalized spacial score (nSPS) is 22.2. The molecule has 0 heterocycles. The maximum absolute atomic E-state index is 9.39. The van der Waals surface area contributed by atoms with Crippen LogP contribution in [0.1, 0.15) is 51.9 Å². The Morgan fingerprint density at radius 2 is 1.38 bits per heavy atom. The minimum absolute atomic E-state index is 0.0758. The van der Waals surface area contributed by atoms with E-state index >= 15 is 0 Å². The average Bonchev–Trinajstić information content (AvgIpc) is 2.06. The van der Waals surface area contributed by atoms with Gasteiger partial charge in [0.25, 0.3) is 0 Å². The number of nitrogens with two attached hydrogens (primary N) is 1. The zero-order chi connectivity index (χ0) is 10.1. The Morgan fingerprint density at radius 1 is 1.00 bits per heavy atom. The average molecular weight is 187 g/mol. The lowest BCUT2D eigenvalue weighted by molar-refractivity contribution is 0.108. The zero-order valence-corrected chi connectivity index (χ0v) is 9.13. The van der Waals surface area contributed by atoms with Crippen LogP contribution in [-0.2, 0) is 0 Å². The third-order valence-electron chi connectivity index (χ3n) is 2.83. The topological polar surface area (TPSA) is 46.2 Å². The van der Waals surface area contributed by atoms with Crippen molar-refractivity contribution >= 4 is 0 Å². The van der Waals surface area contributed by atoms with Gasteiger partial charge in [-0.15, -0.1) is 0 Å². The van der Waals surface area contributed by atoms with Crippen molar-refractivity contribution in [1.29, 1.82) is 0 Å². The van der Waals surface area contributed by atoms with Crippen molar-refractivity contribution in [3.05, 3.63) is 0 Å². The van der Waals surface area contributed by atoms with Gasteiger partial charge in [-0.25, -0.2) is 0 Å². The van der Waals surface area contributed by atoms with E-state index in [1.54, 1.807) is 0 Å². The summed E-state index contributed by atoms with van der Waals surface area (Å²) in [6, 6.07) is 0. The molecule has 1 unspecified atom stereocenters. The number of aliphatic hydroxyl groups is 1. The van der Waals surface area contributed by atoms with Crippen LogP contribution < -0.4 is 5.73 Å². The third kappa shape index (κ3) is 6.05. The molecule has 80 valence electrons. The predicted octanol–water partition coefficient (Wildman–Crippen LogP) is 2.30. The van der Waals surface area contributed by atoms with Crippen LogP contribution in [0.15, 0.2) is 0 Å².